The van der Waals surface area contributed by atoms with Crippen molar-refractivity contribution in [2.45, 2.75) is 19.3 Å². The van der Waals surface area contributed by atoms with Gasteiger partial charge in [0.15, 0.2) is 0 Å². The Bertz CT molecular complexity index is 427. The minimum absolute atomic E-state index is 0.146. The summed E-state index contributed by atoms with van der Waals surface area (Å²) in [7, 11) is 0. The summed E-state index contributed by atoms with van der Waals surface area (Å²) in [4.78, 5) is 0. The van der Waals surface area contributed by atoms with Crippen LogP contribution in [0.25, 0.3) is 0 Å². The number of aromatic hydroxyl groups is 6. The van der Waals surface area contributed by atoms with E-state index < -0.39 is 0 Å². The minimum atomic E-state index is -0.146. The van der Waals surface area contributed by atoms with Gasteiger partial charge < -0.3 is 30.6 Å². The van der Waals surface area contributed by atoms with Crippen molar-refractivity contribution in [1.29, 1.82) is 0 Å². The molecule has 0 radical (unpaired) electrons. The maximum atomic E-state index is 8.67. The smallest absolute Gasteiger partial charge is 0.122 e. The first-order valence-corrected chi connectivity index (χ1v) is 6.31. The molecule has 1 saturated carbocycles. The third-order valence-electron chi connectivity index (χ3n) is 2.13. The van der Waals surface area contributed by atoms with E-state index in [1.807, 2.05) is 0 Å². The Morgan fingerprint density at radius 1 is 0.381 bits per heavy atom. The maximum absolute atomic E-state index is 8.67. The van der Waals surface area contributed by atoms with E-state index in [1.54, 1.807) is 0 Å². The molecule has 0 bridgehead atoms. The molecule has 2 aromatic rings. The quantitative estimate of drug-likeness (QED) is 0.444. The molecular formula is C15H18O6. The average Bonchev–Trinajstić information content (AvgIpc) is 3.11. The van der Waals surface area contributed by atoms with Gasteiger partial charge in [-0.15, -0.1) is 0 Å². The van der Waals surface area contributed by atoms with Crippen molar-refractivity contribution in [3.8, 4) is 34.5 Å². The second kappa shape index (κ2) is 7.74. The Labute approximate surface area is 121 Å². The summed E-state index contributed by atoms with van der Waals surface area (Å²) >= 11 is 0. The third-order valence-corrected chi connectivity index (χ3v) is 2.13. The minimum Gasteiger partial charge on any atom is -0.508 e. The first-order valence-electron chi connectivity index (χ1n) is 6.31. The summed E-state index contributed by atoms with van der Waals surface area (Å²) in [6.45, 7) is 0. The van der Waals surface area contributed by atoms with Crippen molar-refractivity contribution in [2.75, 3.05) is 0 Å². The molecule has 0 spiro atoms. The molecule has 3 rings (SSSR count). The van der Waals surface area contributed by atoms with Crippen LogP contribution >= 0.6 is 0 Å². The van der Waals surface area contributed by atoms with Gasteiger partial charge in [-0.3, -0.25) is 0 Å². The van der Waals surface area contributed by atoms with Crippen molar-refractivity contribution in [1.82, 2.24) is 0 Å². The molecule has 1 aliphatic carbocycles. The van der Waals surface area contributed by atoms with Gasteiger partial charge in [0, 0.05) is 36.4 Å². The fraction of sp³-hybridized carbons (Fsp3) is 0.200. The molecule has 6 heteroatoms. The molecule has 0 amide bonds. The number of benzene rings is 2. The Balaban J connectivity index is 0.000000175. The van der Waals surface area contributed by atoms with Crippen molar-refractivity contribution in [3.63, 3.8) is 0 Å². The molecule has 0 heterocycles. The van der Waals surface area contributed by atoms with E-state index in [-0.39, 0.29) is 34.5 Å². The van der Waals surface area contributed by atoms with Crippen LogP contribution in [0.15, 0.2) is 36.4 Å². The molecule has 21 heavy (non-hydrogen) atoms. The molecule has 0 unspecified atom stereocenters. The number of rotatable bonds is 0. The van der Waals surface area contributed by atoms with E-state index in [9.17, 15) is 0 Å². The average molecular weight is 294 g/mol. The first kappa shape index (κ1) is 16.3. The van der Waals surface area contributed by atoms with E-state index in [0.29, 0.717) is 0 Å². The Morgan fingerprint density at radius 2 is 0.524 bits per heavy atom. The van der Waals surface area contributed by atoms with Crippen LogP contribution in [0.1, 0.15) is 19.3 Å². The fourth-order valence-electron chi connectivity index (χ4n) is 1.16. The molecular weight excluding hydrogens is 276 g/mol. The van der Waals surface area contributed by atoms with Gasteiger partial charge in [-0.25, -0.2) is 0 Å². The van der Waals surface area contributed by atoms with Gasteiger partial charge in [-0.1, -0.05) is 19.3 Å². The molecule has 0 aromatic heterocycles. The van der Waals surface area contributed by atoms with Crippen LogP contribution in [0.3, 0.4) is 0 Å². The molecule has 1 aliphatic rings. The maximum Gasteiger partial charge on any atom is 0.122 e. The van der Waals surface area contributed by atoms with Gasteiger partial charge in [-0.2, -0.15) is 0 Å². The molecule has 0 saturated heterocycles. The highest BCUT2D eigenvalue weighted by Crippen LogP contribution is 2.24. The predicted molar refractivity (Wildman–Crippen MR) is 76.7 cm³/mol. The largest absolute Gasteiger partial charge is 0.508 e. The van der Waals surface area contributed by atoms with Gasteiger partial charge in [0.05, 0.1) is 0 Å². The summed E-state index contributed by atoms with van der Waals surface area (Å²) in [6.07, 6.45) is 4.50. The van der Waals surface area contributed by atoms with Crippen molar-refractivity contribution in [3.05, 3.63) is 36.4 Å². The lowest BCUT2D eigenvalue weighted by atomic mass is 10.3. The number of phenols is 6. The molecule has 0 aliphatic heterocycles. The highest BCUT2D eigenvalue weighted by molar-refractivity contribution is 5.40. The van der Waals surface area contributed by atoms with Crippen LogP contribution in [-0.2, 0) is 0 Å². The van der Waals surface area contributed by atoms with Gasteiger partial charge in [0.2, 0.25) is 0 Å². The van der Waals surface area contributed by atoms with Gasteiger partial charge in [-0.05, 0) is 0 Å². The number of hydrogen-bond acceptors (Lipinski definition) is 6. The van der Waals surface area contributed by atoms with Crippen LogP contribution in [0, 0.1) is 0 Å². The second-order valence-electron chi connectivity index (χ2n) is 4.48. The fourth-order valence-corrected chi connectivity index (χ4v) is 1.16. The van der Waals surface area contributed by atoms with Crippen LogP contribution < -0.4 is 0 Å². The number of phenolic OH excluding ortho intramolecular Hbond substituents is 6. The second-order valence-corrected chi connectivity index (χ2v) is 4.48. The number of hydrogen-bond donors (Lipinski definition) is 6. The lowest BCUT2D eigenvalue weighted by Crippen LogP contribution is -1.66. The zero-order chi connectivity index (χ0) is 15.8. The molecule has 0 atom stereocenters. The Hall–Kier alpha value is -2.76. The topological polar surface area (TPSA) is 121 Å². The van der Waals surface area contributed by atoms with Crippen LogP contribution in [0.4, 0.5) is 0 Å². The molecule has 6 nitrogen and oxygen atoms in total. The molecule has 114 valence electrons. The van der Waals surface area contributed by atoms with Crippen molar-refractivity contribution in [2.24, 2.45) is 0 Å². The van der Waals surface area contributed by atoms with Gasteiger partial charge in [0.25, 0.3) is 0 Å². The van der Waals surface area contributed by atoms with Gasteiger partial charge in [0.1, 0.15) is 34.5 Å². The van der Waals surface area contributed by atoms with E-state index >= 15 is 0 Å². The SMILES string of the molecule is C1CC1.Oc1cc(O)cc(O)c1.Oc1cc(O)cc(O)c1. The zero-order valence-corrected chi connectivity index (χ0v) is 11.3. The summed E-state index contributed by atoms with van der Waals surface area (Å²) in [5.74, 6) is -0.875. The molecule has 6 N–H and O–H groups in total. The lowest BCUT2D eigenvalue weighted by Gasteiger charge is -1.94. The van der Waals surface area contributed by atoms with E-state index in [1.165, 1.54) is 19.3 Å². The summed E-state index contributed by atoms with van der Waals surface area (Å²) in [5.41, 5.74) is 0. The summed E-state index contributed by atoms with van der Waals surface area (Å²) in [6, 6.07) is 6.83. The van der Waals surface area contributed by atoms with Crippen LogP contribution in [0.5, 0.6) is 34.5 Å². The van der Waals surface area contributed by atoms with Crippen molar-refractivity contribution >= 4 is 0 Å². The van der Waals surface area contributed by atoms with Crippen LogP contribution in [-0.4, -0.2) is 30.6 Å². The van der Waals surface area contributed by atoms with E-state index in [2.05, 4.69) is 0 Å². The monoisotopic (exact) mass is 294 g/mol. The van der Waals surface area contributed by atoms with Gasteiger partial charge >= 0.3 is 0 Å². The van der Waals surface area contributed by atoms with E-state index in [4.69, 9.17) is 30.6 Å². The Morgan fingerprint density at radius 3 is 0.619 bits per heavy atom. The molecule has 2 aromatic carbocycles. The third kappa shape index (κ3) is 8.10. The van der Waals surface area contributed by atoms with Crippen LogP contribution in [0.2, 0.25) is 0 Å². The highest BCUT2D eigenvalue weighted by Gasteiger charge is 1.95. The lowest BCUT2D eigenvalue weighted by molar-refractivity contribution is 0.426. The molecule has 1 fully saturated rings. The predicted octanol–water partition coefficient (Wildman–Crippen LogP) is 2.78. The normalized spacial score (nSPS) is 11.4. The standard InChI is InChI=1S/2C6H6O3.C3H6/c2*7-4-1-5(8)3-6(9)2-4;1-2-3-1/h2*1-3,7-9H;1-3H2. The zero-order valence-electron chi connectivity index (χ0n) is 11.3. The summed E-state index contributed by atoms with van der Waals surface area (Å²) in [5, 5.41) is 52.0. The van der Waals surface area contributed by atoms with E-state index in [0.717, 1.165) is 36.4 Å². The highest BCUT2D eigenvalue weighted by atomic mass is 16.3. The first-order chi connectivity index (χ1) is 9.86. The Kier molecular flexibility index (Phi) is 6.00. The summed E-state index contributed by atoms with van der Waals surface area (Å²) < 4.78 is 0. The van der Waals surface area contributed by atoms with Crippen molar-refractivity contribution < 1.29 is 30.6 Å².